The molecule has 0 radical (unpaired) electrons. The summed E-state index contributed by atoms with van der Waals surface area (Å²) in [5, 5.41) is 3.68. The van der Waals surface area contributed by atoms with Crippen molar-refractivity contribution in [1.29, 1.82) is 0 Å². The summed E-state index contributed by atoms with van der Waals surface area (Å²) in [7, 11) is 0. The highest BCUT2D eigenvalue weighted by Crippen LogP contribution is 2.24. The van der Waals surface area contributed by atoms with Gasteiger partial charge in [-0.1, -0.05) is 55.1 Å². The van der Waals surface area contributed by atoms with Crippen LogP contribution in [0.15, 0.2) is 22.7 Å². The van der Waals surface area contributed by atoms with E-state index < -0.39 is 0 Å². The summed E-state index contributed by atoms with van der Waals surface area (Å²) < 4.78 is 1.19. The second-order valence-corrected chi connectivity index (χ2v) is 5.98. The molecule has 102 valence electrons. The van der Waals surface area contributed by atoms with E-state index in [1.165, 1.54) is 47.7 Å². The van der Waals surface area contributed by atoms with E-state index in [1.54, 1.807) is 0 Å². The van der Waals surface area contributed by atoms with Crippen LogP contribution in [0.25, 0.3) is 0 Å². The molecule has 0 aliphatic heterocycles. The number of unbranched alkanes of at least 4 members (excludes halogenated alkanes) is 2. The molecule has 0 spiro atoms. The van der Waals surface area contributed by atoms with Crippen LogP contribution in [0.3, 0.4) is 0 Å². The van der Waals surface area contributed by atoms with Gasteiger partial charge in [0, 0.05) is 10.5 Å². The molecule has 0 fully saturated rings. The van der Waals surface area contributed by atoms with E-state index in [0.29, 0.717) is 6.04 Å². The maximum atomic E-state index is 3.68. The summed E-state index contributed by atoms with van der Waals surface area (Å²) in [4.78, 5) is 0. The van der Waals surface area contributed by atoms with Crippen molar-refractivity contribution >= 4 is 15.9 Å². The largest absolute Gasteiger partial charge is 0.310 e. The first kappa shape index (κ1) is 15.7. The van der Waals surface area contributed by atoms with E-state index in [2.05, 4.69) is 60.2 Å². The van der Waals surface area contributed by atoms with Gasteiger partial charge < -0.3 is 5.32 Å². The average molecular weight is 312 g/mol. The van der Waals surface area contributed by atoms with Crippen molar-refractivity contribution in [1.82, 2.24) is 5.32 Å². The normalized spacial score (nSPS) is 12.7. The molecule has 0 saturated carbocycles. The Kier molecular flexibility index (Phi) is 7.60. The molecule has 1 N–H and O–H groups in total. The van der Waals surface area contributed by atoms with Crippen LogP contribution >= 0.6 is 15.9 Å². The van der Waals surface area contributed by atoms with E-state index in [9.17, 15) is 0 Å². The predicted molar refractivity (Wildman–Crippen MR) is 84.1 cm³/mol. The van der Waals surface area contributed by atoms with Crippen molar-refractivity contribution in [3.05, 3.63) is 33.8 Å². The zero-order valence-corrected chi connectivity index (χ0v) is 13.5. The van der Waals surface area contributed by atoms with Gasteiger partial charge in [-0.05, 0) is 49.6 Å². The monoisotopic (exact) mass is 311 g/mol. The summed E-state index contributed by atoms with van der Waals surface area (Å²) in [6.45, 7) is 7.75. The number of aryl methyl sites for hydroxylation is 1. The first-order valence-corrected chi connectivity index (χ1v) is 7.97. The summed E-state index contributed by atoms with van der Waals surface area (Å²) in [5.41, 5.74) is 2.75. The molecule has 1 unspecified atom stereocenters. The first-order valence-electron chi connectivity index (χ1n) is 7.17. The number of halogens is 1. The smallest absolute Gasteiger partial charge is 0.0320 e. The predicted octanol–water partition coefficient (Wildman–Crippen LogP) is 5.38. The van der Waals surface area contributed by atoms with Gasteiger partial charge in [0.05, 0.1) is 0 Å². The lowest BCUT2D eigenvalue weighted by Crippen LogP contribution is -2.22. The fourth-order valence-corrected chi connectivity index (χ4v) is 2.89. The molecule has 0 bridgehead atoms. The van der Waals surface area contributed by atoms with Crippen LogP contribution in [0.4, 0.5) is 0 Å². The Morgan fingerprint density at radius 3 is 2.50 bits per heavy atom. The lowest BCUT2D eigenvalue weighted by molar-refractivity contribution is 0.474. The molecule has 0 aliphatic carbocycles. The van der Waals surface area contributed by atoms with Gasteiger partial charge in [0.15, 0.2) is 0 Å². The molecule has 1 aromatic rings. The zero-order valence-electron chi connectivity index (χ0n) is 11.9. The van der Waals surface area contributed by atoms with E-state index in [4.69, 9.17) is 0 Å². The number of hydrogen-bond donors (Lipinski definition) is 1. The van der Waals surface area contributed by atoms with Gasteiger partial charge in [0.2, 0.25) is 0 Å². The minimum absolute atomic E-state index is 0.507. The van der Waals surface area contributed by atoms with E-state index in [1.807, 2.05) is 0 Å². The first-order chi connectivity index (χ1) is 8.67. The Balaban J connectivity index is 2.72. The molecule has 1 atom stereocenters. The molecule has 1 aromatic carbocycles. The number of benzene rings is 1. The average Bonchev–Trinajstić information content (AvgIpc) is 2.32. The van der Waals surface area contributed by atoms with Crippen molar-refractivity contribution in [3.63, 3.8) is 0 Å². The quantitative estimate of drug-likeness (QED) is 0.636. The third kappa shape index (κ3) is 5.53. The van der Waals surface area contributed by atoms with E-state index in [-0.39, 0.29) is 0 Å². The molecule has 0 amide bonds. The van der Waals surface area contributed by atoms with Crippen LogP contribution in [-0.4, -0.2) is 6.54 Å². The maximum absolute atomic E-state index is 3.68. The van der Waals surface area contributed by atoms with Gasteiger partial charge in [-0.3, -0.25) is 0 Å². The van der Waals surface area contributed by atoms with Gasteiger partial charge in [-0.25, -0.2) is 0 Å². The molecule has 0 aliphatic rings. The van der Waals surface area contributed by atoms with Crippen molar-refractivity contribution < 1.29 is 0 Å². The SMILES string of the molecule is CCCCCC(NCCC)c1cc(C)cc(Br)c1. The van der Waals surface area contributed by atoms with Crippen LogP contribution in [0, 0.1) is 6.92 Å². The Morgan fingerprint density at radius 1 is 1.11 bits per heavy atom. The number of nitrogens with one attached hydrogen (secondary N) is 1. The summed E-state index contributed by atoms with van der Waals surface area (Å²) in [6.07, 6.45) is 6.36. The second-order valence-electron chi connectivity index (χ2n) is 5.06. The molecule has 2 heteroatoms. The summed E-state index contributed by atoms with van der Waals surface area (Å²) in [5.74, 6) is 0. The molecule has 0 saturated heterocycles. The number of rotatable bonds is 8. The van der Waals surface area contributed by atoms with Gasteiger partial charge in [-0.15, -0.1) is 0 Å². The van der Waals surface area contributed by atoms with Crippen LogP contribution < -0.4 is 5.32 Å². The van der Waals surface area contributed by atoms with Crippen molar-refractivity contribution in [3.8, 4) is 0 Å². The van der Waals surface area contributed by atoms with Crippen LogP contribution in [0.1, 0.15) is 63.1 Å². The van der Waals surface area contributed by atoms with Crippen molar-refractivity contribution in [2.24, 2.45) is 0 Å². The molecule has 1 rings (SSSR count). The third-order valence-electron chi connectivity index (χ3n) is 3.20. The van der Waals surface area contributed by atoms with E-state index in [0.717, 1.165) is 6.54 Å². The molecule has 1 nitrogen and oxygen atoms in total. The third-order valence-corrected chi connectivity index (χ3v) is 3.66. The fourth-order valence-electron chi connectivity index (χ4n) is 2.27. The highest BCUT2D eigenvalue weighted by Gasteiger charge is 2.11. The highest BCUT2D eigenvalue weighted by molar-refractivity contribution is 9.10. The Morgan fingerprint density at radius 2 is 1.89 bits per heavy atom. The lowest BCUT2D eigenvalue weighted by atomic mass is 9.99. The van der Waals surface area contributed by atoms with Crippen LogP contribution in [0.2, 0.25) is 0 Å². The lowest BCUT2D eigenvalue weighted by Gasteiger charge is -2.20. The number of hydrogen-bond acceptors (Lipinski definition) is 1. The zero-order chi connectivity index (χ0) is 13.4. The minimum atomic E-state index is 0.507. The van der Waals surface area contributed by atoms with Gasteiger partial charge in [0.1, 0.15) is 0 Å². The Bertz CT molecular complexity index is 329. The Hall–Kier alpha value is -0.340. The maximum Gasteiger partial charge on any atom is 0.0320 e. The molecular formula is C16H26BrN. The second kappa shape index (κ2) is 8.71. The summed E-state index contributed by atoms with van der Waals surface area (Å²) in [6, 6.07) is 7.25. The van der Waals surface area contributed by atoms with Gasteiger partial charge in [-0.2, -0.15) is 0 Å². The summed E-state index contributed by atoms with van der Waals surface area (Å²) >= 11 is 3.60. The van der Waals surface area contributed by atoms with Crippen LogP contribution in [0.5, 0.6) is 0 Å². The van der Waals surface area contributed by atoms with Crippen molar-refractivity contribution in [2.45, 2.75) is 58.9 Å². The van der Waals surface area contributed by atoms with Gasteiger partial charge in [0.25, 0.3) is 0 Å². The molecule has 18 heavy (non-hydrogen) atoms. The molecule has 0 aromatic heterocycles. The Labute approximate surface area is 120 Å². The molecule has 0 heterocycles. The van der Waals surface area contributed by atoms with Crippen LogP contribution in [-0.2, 0) is 0 Å². The van der Waals surface area contributed by atoms with E-state index >= 15 is 0 Å². The fraction of sp³-hybridized carbons (Fsp3) is 0.625. The standard InChI is InChI=1S/C16H26BrN/c1-4-6-7-8-16(18-9-5-2)14-10-13(3)11-15(17)12-14/h10-12,16,18H,4-9H2,1-3H3. The topological polar surface area (TPSA) is 12.0 Å². The van der Waals surface area contributed by atoms with Gasteiger partial charge >= 0.3 is 0 Å². The minimum Gasteiger partial charge on any atom is -0.310 e. The van der Waals surface area contributed by atoms with Crippen molar-refractivity contribution in [2.75, 3.05) is 6.54 Å². The molecular weight excluding hydrogens is 286 g/mol. The highest BCUT2D eigenvalue weighted by atomic mass is 79.9.